The van der Waals surface area contributed by atoms with Crippen LogP contribution in [-0.2, 0) is 0 Å². The summed E-state index contributed by atoms with van der Waals surface area (Å²) in [5, 5.41) is 0. The van der Waals surface area contributed by atoms with E-state index in [0.717, 1.165) is 22.6 Å². The Bertz CT molecular complexity index is 785. The van der Waals surface area contributed by atoms with E-state index in [0.29, 0.717) is 5.92 Å². The summed E-state index contributed by atoms with van der Waals surface area (Å²) in [6.45, 7) is 15.1. The molecule has 1 heterocycles. The second-order valence-corrected chi connectivity index (χ2v) is 7.99. The van der Waals surface area contributed by atoms with Gasteiger partial charge in [-0.1, -0.05) is 38.1 Å². The molecule has 2 aromatic carbocycles. The quantitative estimate of drug-likeness (QED) is 0.728. The van der Waals surface area contributed by atoms with Crippen molar-refractivity contribution in [3.8, 4) is 5.75 Å². The summed E-state index contributed by atoms with van der Waals surface area (Å²) < 4.78 is 6.43. The van der Waals surface area contributed by atoms with E-state index in [-0.39, 0.29) is 11.5 Å². The Morgan fingerprint density at radius 2 is 1.54 bits per heavy atom. The van der Waals surface area contributed by atoms with Crippen LogP contribution in [0.3, 0.4) is 0 Å². The second-order valence-electron chi connectivity index (χ2n) is 7.99. The van der Waals surface area contributed by atoms with Crippen molar-refractivity contribution in [3.05, 3.63) is 57.6 Å². The molecule has 2 aromatic rings. The van der Waals surface area contributed by atoms with Crippen LogP contribution in [-0.4, -0.2) is 5.60 Å². The van der Waals surface area contributed by atoms with Crippen LogP contribution in [0.1, 0.15) is 72.9 Å². The first-order chi connectivity index (χ1) is 11.1. The number of fused-ring (bicyclic) bond motifs is 1. The summed E-state index contributed by atoms with van der Waals surface area (Å²) in [6.07, 6.45) is 0. The lowest BCUT2D eigenvalue weighted by atomic mass is 9.78. The SMILES string of the molecule is Cc1c(C)c2c(c(C)c1N)[C@@H](c1ccc(C(C)C)cc1)C(C)(C)O2. The van der Waals surface area contributed by atoms with E-state index >= 15 is 0 Å². The van der Waals surface area contributed by atoms with Crippen molar-refractivity contribution in [2.24, 2.45) is 0 Å². The summed E-state index contributed by atoms with van der Waals surface area (Å²) in [7, 11) is 0. The molecule has 0 spiro atoms. The fraction of sp³-hybridized carbons (Fsp3) is 0.455. The Morgan fingerprint density at radius 1 is 0.958 bits per heavy atom. The first-order valence-electron chi connectivity index (χ1n) is 8.83. The zero-order valence-corrected chi connectivity index (χ0v) is 15.9. The molecule has 24 heavy (non-hydrogen) atoms. The van der Waals surface area contributed by atoms with E-state index in [9.17, 15) is 0 Å². The molecular formula is C22H29NO. The van der Waals surface area contributed by atoms with E-state index in [4.69, 9.17) is 10.5 Å². The van der Waals surface area contributed by atoms with Crippen LogP contribution in [0.15, 0.2) is 24.3 Å². The van der Waals surface area contributed by atoms with E-state index in [1.54, 1.807) is 0 Å². The number of benzene rings is 2. The van der Waals surface area contributed by atoms with Gasteiger partial charge in [0.15, 0.2) is 0 Å². The summed E-state index contributed by atoms with van der Waals surface area (Å²) in [6, 6.07) is 9.00. The summed E-state index contributed by atoms with van der Waals surface area (Å²) in [4.78, 5) is 0. The third-order valence-electron chi connectivity index (χ3n) is 5.65. The third-order valence-corrected chi connectivity index (χ3v) is 5.65. The lowest BCUT2D eigenvalue weighted by molar-refractivity contribution is 0.121. The molecule has 2 nitrogen and oxygen atoms in total. The standard InChI is InChI=1S/C22H29NO/c1-12(2)16-8-10-17(11-9-16)19-18-15(5)20(23)13(3)14(4)21(18)24-22(19,6)7/h8-12,19H,23H2,1-7H3/t19-/m1/s1. The maximum Gasteiger partial charge on any atom is 0.127 e. The van der Waals surface area contributed by atoms with Crippen LogP contribution < -0.4 is 10.5 Å². The Hall–Kier alpha value is -1.96. The fourth-order valence-electron chi connectivity index (χ4n) is 3.96. The highest BCUT2D eigenvalue weighted by atomic mass is 16.5. The van der Waals surface area contributed by atoms with Gasteiger partial charge in [0.2, 0.25) is 0 Å². The number of hydrogen-bond acceptors (Lipinski definition) is 2. The molecule has 0 saturated carbocycles. The van der Waals surface area contributed by atoms with Crippen LogP contribution in [0.5, 0.6) is 5.75 Å². The number of nitrogen functional groups attached to an aromatic ring is 1. The maximum atomic E-state index is 6.43. The van der Waals surface area contributed by atoms with Crippen molar-refractivity contribution < 1.29 is 4.74 Å². The molecule has 3 rings (SSSR count). The molecule has 0 aliphatic carbocycles. The molecule has 1 aliphatic heterocycles. The Labute approximate surface area is 146 Å². The van der Waals surface area contributed by atoms with Gasteiger partial charge >= 0.3 is 0 Å². The van der Waals surface area contributed by atoms with Gasteiger partial charge in [0.25, 0.3) is 0 Å². The van der Waals surface area contributed by atoms with Crippen LogP contribution in [0.2, 0.25) is 0 Å². The van der Waals surface area contributed by atoms with Crippen LogP contribution in [0.4, 0.5) is 5.69 Å². The highest BCUT2D eigenvalue weighted by Gasteiger charge is 2.44. The molecule has 0 saturated heterocycles. The van der Waals surface area contributed by atoms with Crippen molar-refractivity contribution in [2.75, 3.05) is 5.73 Å². The zero-order valence-electron chi connectivity index (χ0n) is 15.9. The normalized spacial score (nSPS) is 18.6. The van der Waals surface area contributed by atoms with Crippen molar-refractivity contribution in [3.63, 3.8) is 0 Å². The van der Waals surface area contributed by atoms with Crippen LogP contribution in [0, 0.1) is 20.8 Å². The highest BCUT2D eigenvalue weighted by Crippen LogP contribution is 2.53. The Morgan fingerprint density at radius 3 is 2.08 bits per heavy atom. The first kappa shape index (κ1) is 16.9. The zero-order chi connectivity index (χ0) is 17.8. The number of nitrogens with two attached hydrogens (primary N) is 1. The number of hydrogen-bond donors (Lipinski definition) is 1. The average Bonchev–Trinajstić information content (AvgIpc) is 2.82. The van der Waals surface area contributed by atoms with E-state index in [2.05, 4.69) is 72.7 Å². The molecule has 0 fully saturated rings. The highest BCUT2D eigenvalue weighted by molar-refractivity contribution is 5.69. The van der Waals surface area contributed by atoms with Gasteiger partial charge in [-0.15, -0.1) is 0 Å². The number of ether oxygens (including phenoxy) is 1. The topological polar surface area (TPSA) is 35.2 Å². The van der Waals surface area contributed by atoms with Gasteiger partial charge in [0, 0.05) is 11.3 Å². The molecule has 2 heteroatoms. The monoisotopic (exact) mass is 323 g/mol. The molecule has 0 amide bonds. The minimum atomic E-state index is -0.280. The summed E-state index contributed by atoms with van der Waals surface area (Å²) in [5.41, 5.74) is 14.4. The predicted molar refractivity (Wildman–Crippen MR) is 102 cm³/mol. The molecule has 1 aliphatic rings. The Balaban J connectivity index is 2.20. The van der Waals surface area contributed by atoms with E-state index in [1.807, 2.05) is 0 Å². The molecule has 0 bridgehead atoms. The van der Waals surface area contributed by atoms with Crippen molar-refractivity contribution in [1.29, 1.82) is 0 Å². The van der Waals surface area contributed by atoms with Gasteiger partial charge in [-0.3, -0.25) is 0 Å². The number of anilines is 1. The smallest absolute Gasteiger partial charge is 0.127 e. The fourth-order valence-corrected chi connectivity index (χ4v) is 3.96. The molecule has 2 N–H and O–H groups in total. The van der Waals surface area contributed by atoms with Crippen molar-refractivity contribution in [2.45, 2.75) is 65.9 Å². The molecule has 0 unspecified atom stereocenters. The lowest BCUT2D eigenvalue weighted by Crippen LogP contribution is -2.31. The summed E-state index contributed by atoms with van der Waals surface area (Å²) in [5.74, 6) is 1.78. The largest absolute Gasteiger partial charge is 0.486 e. The molecule has 0 aromatic heterocycles. The second kappa shape index (κ2) is 5.54. The van der Waals surface area contributed by atoms with E-state index in [1.165, 1.54) is 22.3 Å². The maximum absolute atomic E-state index is 6.43. The number of rotatable bonds is 2. The van der Waals surface area contributed by atoms with Crippen LogP contribution >= 0.6 is 0 Å². The van der Waals surface area contributed by atoms with Gasteiger partial charge < -0.3 is 10.5 Å². The van der Waals surface area contributed by atoms with E-state index < -0.39 is 0 Å². The van der Waals surface area contributed by atoms with Gasteiger partial charge in [-0.2, -0.15) is 0 Å². The first-order valence-corrected chi connectivity index (χ1v) is 8.83. The molecular weight excluding hydrogens is 294 g/mol. The minimum absolute atomic E-state index is 0.204. The molecule has 0 radical (unpaired) electrons. The minimum Gasteiger partial charge on any atom is -0.486 e. The van der Waals surface area contributed by atoms with Gasteiger partial charge in [-0.25, -0.2) is 0 Å². The predicted octanol–water partition coefficient (Wildman–Crippen LogP) is 5.62. The lowest BCUT2D eigenvalue weighted by Gasteiger charge is -2.27. The van der Waals surface area contributed by atoms with Gasteiger partial charge in [0.05, 0.1) is 5.92 Å². The average molecular weight is 323 g/mol. The van der Waals surface area contributed by atoms with Crippen molar-refractivity contribution in [1.82, 2.24) is 0 Å². The van der Waals surface area contributed by atoms with Crippen LogP contribution in [0.25, 0.3) is 0 Å². The summed E-state index contributed by atoms with van der Waals surface area (Å²) >= 11 is 0. The van der Waals surface area contributed by atoms with Crippen molar-refractivity contribution >= 4 is 5.69 Å². The Kier molecular flexibility index (Phi) is 3.90. The molecule has 1 atom stereocenters. The third kappa shape index (κ3) is 2.40. The van der Waals surface area contributed by atoms with Gasteiger partial charge in [-0.05, 0) is 68.4 Å². The molecule has 128 valence electrons. The van der Waals surface area contributed by atoms with Gasteiger partial charge in [0.1, 0.15) is 11.4 Å².